The van der Waals surface area contributed by atoms with Gasteiger partial charge >= 0.3 is 0 Å². The Morgan fingerprint density at radius 3 is 2.67 bits per heavy atom. The van der Waals surface area contributed by atoms with Crippen LogP contribution >= 0.6 is 38.5 Å². The van der Waals surface area contributed by atoms with Crippen LogP contribution in [0.15, 0.2) is 16.6 Å². The predicted molar refractivity (Wildman–Crippen MR) is 60.1 cm³/mol. The minimum Gasteiger partial charge on any atom is -0.366 e. The van der Waals surface area contributed by atoms with E-state index in [4.69, 9.17) is 5.73 Å². The van der Waals surface area contributed by atoms with Crippen LogP contribution in [0, 0.1) is 10.5 Å². The molecule has 0 aliphatic carbocycles. The lowest BCUT2D eigenvalue weighted by Crippen LogP contribution is -2.12. The molecule has 0 atom stereocenters. The average molecular weight is 340 g/mol. The number of hydrogen-bond acceptors (Lipinski definition) is 1. The number of primary amides is 1. The van der Waals surface area contributed by atoms with Crippen molar-refractivity contribution in [1.29, 1.82) is 0 Å². The maximum absolute atomic E-state index is 10.9. The monoisotopic (exact) mass is 339 g/mol. The van der Waals surface area contributed by atoms with Gasteiger partial charge in [0.2, 0.25) is 5.91 Å². The molecule has 1 rings (SSSR count). The molecule has 0 aliphatic heterocycles. The van der Waals surface area contributed by atoms with Crippen LogP contribution in [0.3, 0.4) is 0 Å². The van der Waals surface area contributed by atoms with E-state index in [0.29, 0.717) is 5.56 Å². The number of benzene rings is 1. The fraction of sp³-hybridized carbons (Fsp3) is 0.125. The van der Waals surface area contributed by atoms with Crippen molar-refractivity contribution in [3.8, 4) is 0 Å². The zero-order chi connectivity index (χ0) is 9.30. The van der Waals surface area contributed by atoms with Crippen molar-refractivity contribution in [3.05, 3.63) is 31.3 Å². The Balaban J connectivity index is 3.36. The summed E-state index contributed by atoms with van der Waals surface area (Å²) in [5.74, 6) is -0.402. The smallest absolute Gasteiger partial charge is 0.249 e. The molecule has 12 heavy (non-hydrogen) atoms. The quantitative estimate of drug-likeness (QED) is 0.785. The second-order valence-electron chi connectivity index (χ2n) is 2.40. The van der Waals surface area contributed by atoms with Crippen LogP contribution in [0.4, 0.5) is 0 Å². The maximum atomic E-state index is 10.9. The molecular formula is C8H7BrINO. The Hall–Kier alpha value is -0.100. The summed E-state index contributed by atoms with van der Waals surface area (Å²) in [4.78, 5) is 10.9. The summed E-state index contributed by atoms with van der Waals surface area (Å²) in [6.07, 6.45) is 0. The van der Waals surface area contributed by atoms with Crippen molar-refractivity contribution >= 4 is 44.4 Å². The first-order valence-corrected chi connectivity index (χ1v) is 5.15. The van der Waals surface area contributed by atoms with Gasteiger partial charge in [-0.25, -0.2) is 0 Å². The SMILES string of the molecule is Cc1c(I)ccc(C(N)=O)c1Br. The highest BCUT2D eigenvalue weighted by Gasteiger charge is 2.09. The van der Waals surface area contributed by atoms with Gasteiger partial charge in [-0.05, 0) is 63.1 Å². The first-order valence-electron chi connectivity index (χ1n) is 3.28. The van der Waals surface area contributed by atoms with E-state index in [1.54, 1.807) is 6.07 Å². The van der Waals surface area contributed by atoms with E-state index in [0.717, 1.165) is 13.6 Å². The molecule has 1 aromatic carbocycles. The number of carbonyl (C=O) groups excluding carboxylic acids is 1. The van der Waals surface area contributed by atoms with Crippen molar-refractivity contribution in [2.45, 2.75) is 6.92 Å². The molecule has 1 amide bonds. The van der Waals surface area contributed by atoms with Crippen molar-refractivity contribution in [2.24, 2.45) is 5.73 Å². The Bertz CT molecular complexity index is 338. The van der Waals surface area contributed by atoms with Crippen LogP contribution in [0.1, 0.15) is 15.9 Å². The summed E-state index contributed by atoms with van der Waals surface area (Å²) in [6.45, 7) is 1.94. The van der Waals surface area contributed by atoms with E-state index < -0.39 is 5.91 Å². The molecule has 0 unspecified atom stereocenters. The molecule has 0 radical (unpaired) electrons. The number of nitrogens with two attached hydrogens (primary N) is 1. The molecule has 1 aromatic rings. The lowest BCUT2D eigenvalue weighted by molar-refractivity contribution is 0.0999. The third kappa shape index (κ3) is 1.80. The Morgan fingerprint density at radius 1 is 1.58 bits per heavy atom. The molecule has 0 bridgehead atoms. The Kier molecular flexibility index (Phi) is 3.11. The van der Waals surface area contributed by atoms with Gasteiger partial charge in [0.15, 0.2) is 0 Å². The third-order valence-corrected chi connectivity index (χ3v) is 3.78. The molecular weight excluding hydrogens is 333 g/mol. The molecule has 0 aromatic heterocycles. The second kappa shape index (κ2) is 3.74. The normalized spacial score (nSPS) is 9.92. The van der Waals surface area contributed by atoms with Crippen LogP contribution in [0.25, 0.3) is 0 Å². The van der Waals surface area contributed by atoms with Crippen molar-refractivity contribution in [3.63, 3.8) is 0 Å². The fourth-order valence-corrected chi connectivity index (χ4v) is 2.21. The first-order chi connectivity index (χ1) is 5.54. The first kappa shape index (κ1) is 9.98. The molecule has 0 heterocycles. The van der Waals surface area contributed by atoms with Gasteiger partial charge < -0.3 is 5.73 Å². The zero-order valence-electron chi connectivity index (χ0n) is 6.40. The molecule has 0 saturated heterocycles. The molecule has 64 valence electrons. The van der Waals surface area contributed by atoms with E-state index in [1.165, 1.54) is 0 Å². The fourth-order valence-electron chi connectivity index (χ4n) is 0.852. The van der Waals surface area contributed by atoms with Crippen molar-refractivity contribution in [1.82, 2.24) is 0 Å². The summed E-state index contributed by atoms with van der Waals surface area (Å²) in [6, 6.07) is 3.60. The molecule has 2 nitrogen and oxygen atoms in total. The topological polar surface area (TPSA) is 43.1 Å². The van der Waals surface area contributed by atoms with Crippen LogP contribution in [-0.4, -0.2) is 5.91 Å². The van der Waals surface area contributed by atoms with Crippen LogP contribution in [0.5, 0.6) is 0 Å². The summed E-state index contributed by atoms with van der Waals surface area (Å²) in [5, 5.41) is 0. The summed E-state index contributed by atoms with van der Waals surface area (Å²) < 4.78 is 1.91. The molecule has 0 aliphatic rings. The van der Waals surface area contributed by atoms with E-state index in [9.17, 15) is 4.79 Å². The maximum Gasteiger partial charge on any atom is 0.249 e. The zero-order valence-corrected chi connectivity index (χ0v) is 10.1. The Labute approximate surface area is 92.8 Å². The van der Waals surface area contributed by atoms with Gasteiger partial charge in [0.1, 0.15) is 0 Å². The Morgan fingerprint density at radius 2 is 2.17 bits per heavy atom. The van der Waals surface area contributed by atoms with Crippen LogP contribution in [-0.2, 0) is 0 Å². The lowest BCUT2D eigenvalue weighted by atomic mass is 10.1. The van der Waals surface area contributed by atoms with Gasteiger partial charge in [-0.2, -0.15) is 0 Å². The number of hydrogen-bond donors (Lipinski definition) is 1. The lowest BCUT2D eigenvalue weighted by Gasteiger charge is -2.04. The summed E-state index contributed by atoms with van der Waals surface area (Å²) in [7, 11) is 0. The standard InChI is InChI=1S/C8H7BrINO/c1-4-6(10)3-2-5(7(4)9)8(11)12/h2-3H,1H3,(H2,11,12). The van der Waals surface area contributed by atoms with E-state index >= 15 is 0 Å². The number of rotatable bonds is 1. The molecule has 0 spiro atoms. The van der Waals surface area contributed by atoms with E-state index in [2.05, 4.69) is 38.5 Å². The highest BCUT2D eigenvalue weighted by Crippen LogP contribution is 2.25. The minimum absolute atomic E-state index is 0.402. The minimum atomic E-state index is -0.402. The number of halogens is 2. The summed E-state index contributed by atoms with van der Waals surface area (Å²) >= 11 is 5.53. The molecule has 4 heteroatoms. The highest BCUT2D eigenvalue weighted by molar-refractivity contribution is 14.1. The largest absolute Gasteiger partial charge is 0.366 e. The predicted octanol–water partition coefficient (Wildman–Crippen LogP) is 2.46. The van der Waals surface area contributed by atoms with Gasteiger partial charge in [0.05, 0.1) is 5.56 Å². The van der Waals surface area contributed by atoms with Gasteiger partial charge in [-0.15, -0.1) is 0 Å². The third-order valence-electron chi connectivity index (χ3n) is 1.59. The van der Waals surface area contributed by atoms with Gasteiger partial charge in [0.25, 0.3) is 0 Å². The van der Waals surface area contributed by atoms with E-state index in [-0.39, 0.29) is 0 Å². The van der Waals surface area contributed by atoms with Crippen molar-refractivity contribution < 1.29 is 4.79 Å². The summed E-state index contributed by atoms with van der Waals surface area (Å²) in [5.41, 5.74) is 6.75. The molecule has 0 fully saturated rings. The molecule has 2 N–H and O–H groups in total. The van der Waals surface area contributed by atoms with Gasteiger partial charge in [-0.3, -0.25) is 4.79 Å². The van der Waals surface area contributed by atoms with Crippen LogP contribution < -0.4 is 5.73 Å². The molecule has 0 saturated carbocycles. The second-order valence-corrected chi connectivity index (χ2v) is 4.35. The van der Waals surface area contributed by atoms with Gasteiger partial charge in [0, 0.05) is 8.04 Å². The van der Waals surface area contributed by atoms with E-state index in [1.807, 2.05) is 13.0 Å². The average Bonchev–Trinajstić information content (AvgIpc) is 2.00. The highest BCUT2D eigenvalue weighted by atomic mass is 127. The van der Waals surface area contributed by atoms with Gasteiger partial charge in [-0.1, -0.05) is 0 Å². The number of amides is 1. The van der Waals surface area contributed by atoms with Crippen LogP contribution in [0.2, 0.25) is 0 Å². The number of carbonyl (C=O) groups is 1. The van der Waals surface area contributed by atoms with Crippen molar-refractivity contribution in [2.75, 3.05) is 0 Å².